The lowest BCUT2D eigenvalue weighted by atomic mass is 10.2. The Balaban J connectivity index is 1.67. The third-order valence-corrected chi connectivity index (χ3v) is 4.43. The molecule has 1 saturated heterocycles. The molecule has 0 atom stereocenters. The van der Waals surface area contributed by atoms with Crippen molar-refractivity contribution in [1.82, 2.24) is 24.8 Å². The van der Waals surface area contributed by atoms with Crippen LogP contribution in [0.4, 0.5) is 11.8 Å². The van der Waals surface area contributed by atoms with Crippen molar-refractivity contribution in [3.8, 4) is 11.3 Å². The fourth-order valence-corrected chi connectivity index (χ4v) is 2.86. The summed E-state index contributed by atoms with van der Waals surface area (Å²) >= 11 is 0. The van der Waals surface area contributed by atoms with E-state index in [1.54, 1.807) is 12.4 Å². The van der Waals surface area contributed by atoms with Crippen molar-refractivity contribution in [2.45, 2.75) is 0 Å². The van der Waals surface area contributed by atoms with Gasteiger partial charge in [0.1, 0.15) is 12.4 Å². The van der Waals surface area contributed by atoms with Crippen LogP contribution >= 0.6 is 0 Å². The summed E-state index contributed by atoms with van der Waals surface area (Å²) in [6.07, 6.45) is 3.39. The van der Waals surface area contributed by atoms with Crippen LogP contribution in [0.15, 0.2) is 30.6 Å². The molecule has 0 spiro atoms. The topological polar surface area (TPSA) is 107 Å². The third kappa shape index (κ3) is 5.87. The van der Waals surface area contributed by atoms with Crippen LogP contribution in [0.1, 0.15) is 0 Å². The van der Waals surface area contributed by atoms with Gasteiger partial charge < -0.3 is 20.6 Å². The Hall–Kier alpha value is -2.78. The molecule has 0 amide bonds. The summed E-state index contributed by atoms with van der Waals surface area (Å²) < 4.78 is 0. The Kier molecular flexibility index (Phi) is 6.50. The van der Waals surface area contributed by atoms with Gasteiger partial charge in [-0.25, -0.2) is 4.98 Å². The molecule has 9 heteroatoms. The molecule has 0 unspecified atom stereocenters. The maximum Gasteiger partial charge on any atom is 0.322 e. The molecule has 1 fully saturated rings. The third-order valence-electron chi connectivity index (χ3n) is 4.43. The fraction of sp³-hybridized carbons (Fsp3) is 0.444. The van der Waals surface area contributed by atoms with Gasteiger partial charge in [0.05, 0.1) is 5.69 Å². The number of piperazine rings is 1. The molecule has 1 aliphatic heterocycles. The van der Waals surface area contributed by atoms with Gasteiger partial charge in [-0.1, -0.05) is 0 Å². The first-order chi connectivity index (χ1) is 13.1. The molecule has 3 heterocycles. The van der Waals surface area contributed by atoms with Gasteiger partial charge >= 0.3 is 5.97 Å². The number of carbonyl (C=O) groups is 1. The molecule has 2 aromatic rings. The van der Waals surface area contributed by atoms with Gasteiger partial charge in [-0.3, -0.25) is 14.7 Å². The number of hydrogen-bond donors (Lipinski definition) is 3. The molecule has 0 radical (unpaired) electrons. The molecule has 3 N–H and O–H groups in total. The van der Waals surface area contributed by atoms with E-state index in [9.17, 15) is 4.79 Å². The Morgan fingerprint density at radius 1 is 1.15 bits per heavy atom. The van der Waals surface area contributed by atoms with E-state index in [1.807, 2.05) is 18.2 Å². The zero-order valence-corrected chi connectivity index (χ0v) is 15.4. The fourth-order valence-electron chi connectivity index (χ4n) is 2.86. The van der Waals surface area contributed by atoms with Gasteiger partial charge in [0.2, 0.25) is 5.95 Å². The van der Waals surface area contributed by atoms with Gasteiger partial charge in [0, 0.05) is 63.3 Å². The quantitative estimate of drug-likeness (QED) is 0.618. The number of carboxylic acid groups (broad SMARTS) is 1. The van der Waals surface area contributed by atoms with Crippen molar-refractivity contribution in [3.05, 3.63) is 30.6 Å². The zero-order chi connectivity index (χ0) is 19.1. The van der Waals surface area contributed by atoms with Crippen LogP contribution in [0.5, 0.6) is 0 Å². The monoisotopic (exact) mass is 371 g/mol. The van der Waals surface area contributed by atoms with Gasteiger partial charge in [-0.15, -0.1) is 0 Å². The molecule has 0 bridgehead atoms. The number of hydrogen-bond acceptors (Lipinski definition) is 8. The van der Waals surface area contributed by atoms with Crippen LogP contribution in [-0.4, -0.2) is 88.7 Å². The van der Waals surface area contributed by atoms with Gasteiger partial charge in [0.15, 0.2) is 0 Å². The average Bonchev–Trinajstić information content (AvgIpc) is 2.68. The van der Waals surface area contributed by atoms with Crippen molar-refractivity contribution in [3.63, 3.8) is 0 Å². The number of anilines is 2. The molecular formula is C18H25N7O2. The van der Waals surface area contributed by atoms with E-state index < -0.39 is 5.97 Å². The smallest absolute Gasteiger partial charge is 0.322 e. The Morgan fingerprint density at radius 2 is 1.89 bits per heavy atom. The van der Waals surface area contributed by atoms with E-state index in [0.29, 0.717) is 11.5 Å². The molecule has 0 aromatic carbocycles. The SMILES string of the molecule is CN1CCN(CCNc2cc(-c3ccncc3)nc(NCC(=O)O)n2)CC1. The normalized spacial score (nSPS) is 15.4. The minimum Gasteiger partial charge on any atom is -0.480 e. The number of carboxylic acids is 1. The van der Waals surface area contributed by atoms with E-state index in [0.717, 1.165) is 44.8 Å². The highest BCUT2D eigenvalue weighted by atomic mass is 16.4. The molecule has 0 saturated carbocycles. The predicted octanol–water partition coefficient (Wildman–Crippen LogP) is 0.694. The summed E-state index contributed by atoms with van der Waals surface area (Å²) in [6.45, 7) is 5.76. The number of rotatable bonds is 8. The number of aromatic nitrogens is 3. The van der Waals surface area contributed by atoms with E-state index >= 15 is 0 Å². The second kappa shape index (κ2) is 9.24. The molecule has 9 nitrogen and oxygen atoms in total. The van der Waals surface area contributed by atoms with Crippen LogP contribution in [0.25, 0.3) is 11.3 Å². The van der Waals surface area contributed by atoms with Crippen LogP contribution < -0.4 is 10.6 Å². The number of nitrogens with zero attached hydrogens (tertiary/aromatic N) is 5. The lowest BCUT2D eigenvalue weighted by Gasteiger charge is -2.32. The van der Waals surface area contributed by atoms with Crippen LogP contribution in [-0.2, 0) is 4.79 Å². The highest BCUT2D eigenvalue weighted by molar-refractivity contribution is 5.72. The Labute approximate surface area is 158 Å². The van der Waals surface area contributed by atoms with Crippen LogP contribution in [0.2, 0.25) is 0 Å². The lowest BCUT2D eigenvalue weighted by molar-refractivity contribution is -0.134. The summed E-state index contributed by atoms with van der Waals surface area (Å²) in [7, 11) is 2.14. The average molecular weight is 371 g/mol. The number of likely N-dealkylation sites (N-methyl/N-ethyl adjacent to an activating group) is 1. The Morgan fingerprint density at radius 3 is 2.59 bits per heavy atom. The standard InChI is InChI=1S/C18H25N7O2/c1-24-8-10-25(11-9-24)7-6-20-16-12-15(14-2-4-19-5-3-14)22-18(23-16)21-13-17(26)27/h2-5,12H,6-11,13H2,1H3,(H,26,27)(H2,20,21,22,23). The minimum absolute atomic E-state index is 0.236. The van der Waals surface area contributed by atoms with Crippen molar-refractivity contribution in [2.75, 3.05) is 63.5 Å². The van der Waals surface area contributed by atoms with E-state index in [2.05, 4.69) is 42.4 Å². The predicted molar refractivity (Wildman–Crippen MR) is 104 cm³/mol. The molecule has 0 aliphatic carbocycles. The van der Waals surface area contributed by atoms with Crippen molar-refractivity contribution in [1.29, 1.82) is 0 Å². The summed E-state index contributed by atoms with van der Waals surface area (Å²) in [6, 6.07) is 5.58. The maximum absolute atomic E-state index is 10.8. The molecule has 1 aliphatic rings. The summed E-state index contributed by atoms with van der Waals surface area (Å²) in [5, 5.41) is 15.0. The van der Waals surface area contributed by atoms with E-state index in [-0.39, 0.29) is 12.5 Å². The molecular weight excluding hydrogens is 346 g/mol. The molecule has 2 aromatic heterocycles. The van der Waals surface area contributed by atoms with Crippen molar-refractivity contribution in [2.24, 2.45) is 0 Å². The number of aliphatic carboxylic acids is 1. The second-order valence-electron chi connectivity index (χ2n) is 6.52. The lowest BCUT2D eigenvalue weighted by Crippen LogP contribution is -2.45. The molecule has 3 rings (SSSR count). The molecule has 144 valence electrons. The largest absolute Gasteiger partial charge is 0.480 e. The minimum atomic E-state index is -0.961. The number of pyridine rings is 1. The number of nitrogens with one attached hydrogen (secondary N) is 2. The summed E-state index contributed by atoms with van der Waals surface area (Å²) in [5.74, 6) is -0.00914. The van der Waals surface area contributed by atoms with Crippen molar-refractivity contribution >= 4 is 17.7 Å². The first-order valence-electron chi connectivity index (χ1n) is 9.00. The second-order valence-corrected chi connectivity index (χ2v) is 6.52. The van der Waals surface area contributed by atoms with E-state index in [1.165, 1.54) is 0 Å². The highest BCUT2D eigenvalue weighted by Gasteiger charge is 2.13. The zero-order valence-electron chi connectivity index (χ0n) is 15.4. The van der Waals surface area contributed by atoms with E-state index in [4.69, 9.17) is 5.11 Å². The van der Waals surface area contributed by atoms with Crippen molar-refractivity contribution < 1.29 is 9.90 Å². The van der Waals surface area contributed by atoms with Gasteiger partial charge in [-0.05, 0) is 19.2 Å². The summed E-state index contributed by atoms with van der Waals surface area (Å²) in [5.41, 5.74) is 1.61. The van der Waals surface area contributed by atoms with Gasteiger partial charge in [0.25, 0.3) is 0 Å². The molecule has 27 heavy (non-hydrogen) atoms. The summed E-state index contributed by atoms with van der Waals surface area (Å²) in [4.78, 5) is 28.4. The first-order valence-corrected chi connectivity index (χ1v) is 9.00. The first kappa shape index (κ1) is 19.0. The maximum atomic E-state index is 10.8. The Bertz CT molecular complexity index is 749. The van der Waals surface area contributed by atoms with Crippen LogP contribution in [0, 0.1) is 0 Å². The van der Waals surface area contributed by atoms with Crippen LogP contribution in [0.3, 0.4) is 0 Å². The highest BCUT2D eigenvalue weighted by Crippen LogP contribution is 2.20. The van der Waals surface area contributed by atoms with Gasteiger partial charge in [-0.2, -0.15) is 4.98 Å².